The van der Waals surface area contributed by atoms with Crippen molar-refractivity contribution in [3.05, 3.63) is 60.8 Å². The van der Waals surface area contributed by atoms with Crippen molar-refractivity contribution in [1.82, 2.24) is 0 Å². The molecule has 0 aromatic carbocycles. The predicted molar refractivity (Wildman–Crippen MR) is 134 cm³/mol. The summed E-state index contributed by atoms with van der Waals surface area (Å²) in [5.41, 5.74) is -0.770. The first-order valence-corrected chi connectivity index (χ1v) is 12.2. The monoisotopic (exact) mass is 430 g/mol. The van der Waals surface area contributed by atoms with Crippen LogP contribution in [0.1, 0.15) is 91.9 Å². The highest BCUT2D eigenvalue weighted by atomic mass is 16.6. The van der Waals surface area contributed by atoms with Crippen LogP contribution in [-0.4, -0.2) is 24.8 Å². The van der Waals surface area contributed by atoms with E-state index in [1.54, 1.807) is 0 Å². The molecule has 0 N–H and O–H groups in total. The molecular formula is C28H46O3. The number of carbonyl (C=O) groups excluding carboxylic acids is 1. The summed E-state index contributed by atoms with van der Waals surface area (Å²) in [6, 6.07) is 0. The van der Waals surface area contributed by atoms with Crippen molar-refractivity contribution >= 4 is 5.97 Å². The highest BCUT2D eigenvalue weighted by Gasteiger charge is 2.37. The number of hydrogen-bond acceptors (Lipinski definition) is 3. The minimum absolute atomic E-state index is 0.224. The van der Waals surface area contributed by atoms with Crippen LogP contribution in [0.5, 0.6) is 0 Å². The van der Waals surface area contributed by atoms with Gasteiger partial charge in [-0.1, -0.05) is 81.5 Å². The molecule has 0 spiro atoms. The number of unbranched alkanes of at least 4 members (excludes halogenated alkanes) is 2. The molecule has 0 saturated carbocycles. The van der Waals surface area contributed by atoms with Crippen molar-refractivity contribution in [3.63, 3.8) is 0 Å². The van der Waals surface area contributed by atoms with Crippen LogP contribution in [-0.2, 0) is 14.3 Å². The Bertz CT molecular complexity index is 563. The highest BCUT2D eigenvalue weighted by molar-refractivity contribution is 5.79. The van der Waals surface area contributed by atoms with Gasteiger partial charge >= 0.3 is 5.97 Å². The Morgan fingerprint density at radius 3 is 1.61 bits per heavy atom. The van der Waals surface area contributed by atoms with Crippen molar-refractivity contribution < 1.29 is 14.3 Å². The van der Waals surface area contributed by atoms with Crippen molar-refractivity contribution in [3.8, 4) is 0 Å². The lowest BCUT2D eigenvalue weighted by Crippen LogP contribution is -2.42. The molecular weight excluding hydrogens is 384 g/mol. The van der Waals surface area contributed by atoms with E-state index in [0.29, 0.717) is 26.1 Å². The first-order valence-electron chi connectivity index (χ1n) is 12.2. The molecule has 31 heavy (non-hydrogen) atoms. The van der Waals surface area contributed by atoms with Crippen molar-refractivity contribution in [2.24, 2.45) is 0 Å². The zero-order chi connectivity index (χ0) is 23.0. The number of esters is 1. The van der Waals surface area contributed by atoms with Crippen LogP contribution in [0.3, 0.4) is 0 Å². The van der Waals surface area contributed by atoms with Gasteiger partial charge in [0.15, 0.2) is 5.60 Å². The molecule has 0 amide bonds. The molecule has 176 valence electrons. The molecule has 0 aromatic rings. The second kappa shape index (κ2) is 21.4. The molecule has 0 aromatic heterocycles. The average Bonchev–Trinajstić information content (AvgIpc) is 2.78. The van der Waals surface area contributed by atoms with E-state index < -0.39 is 5.60 Å². The maximum atomic E-state index is 12.2. The van der Waals surface area contributed by atoms with E-state index in [1.165, 1.54) is 0 Å². The first kappa shape index (κ1) is 29.1. The SMILES string of the molecule is CCC=CCC=CCC=CCC=CCC=CCCCCOC(CC)(CC)C(=O)OCC. The van der Waals surface area contributed by atoms with Crippen molar-refractivity contribution in [1.29, 1.82) is 0 Å². The predicted octanol–water partition coefficient (Wildman–Crippen LogP) is 8.05. The van der Waals surface area contributed by atoms with Gasteiger partial charge in [0.1, 0.15) is 0 Å². The summed E-state index contributed by atoms with van der Waals surface area (Å²) in [5, 5.41) is 0. The maximum Gasteiger partial charge on any atom is 0.338 e. The summed E-state index contributed by atoms with van der Waals surface area (Å²) in [5.74, 6) is -0.224. The normalized spacial score (nSPS) is 13.0. The second-order valence-corrected chi connectivity index (χ2v) is 7.47. The van der Waals surface area contributed by atoms with Crippen LogP contribution in [0.25, 0.3) is 0 Å². The van der Waals surface area contributed by atoms with Crippen molar-refractivity contribution in [2.75, 3.05) is 13.2 Å². The third-order valence-electron chi connectivity index (χ3n) is 5.09. The fourth-order valence-electron chi connectivity index (χ4n) is 3.06. The second-order valence-electron chi connectivity index (χ2n) is 7.47. The lowest BCUT2D eigenvalue weighted by Gasteiger charge is -2.29. The van der Waals surface area contributed by atoms with Crippen LogP contribution in [0, 0.1) is 0 Å². The molecule has 0 aliphatic carbocycles. The van der Waals surface area contributed by atoms with Crippen LogP contribution in [0.2, 0.25) is 0 Å². The highest BCUT2D eigenvalue weighted by Crippen LogP contribution is 2.23. The number of hydrogen-bond donors (Lipinski definition) is 0. The molecule has 0 bridgehead atoms. The van der Waals surface area contributed by atoms with Gasteiger partial charge in [-0.25, -0.2) is 4.79 Å². The summed E-state index contributed by atoms with van der Waals surface area (Å²) >= 11 is 0. The Kier molecular flexibility index (Phi) is 20.1. The Labute approximate surface area is 192 Å². The molecule has 0 heterocycles. The largest absolute Gasteiger partial charge is 0.464 e. The summed E-state index contributed by atoms with van der Waals surface area (Å²) in [6.45, 7) is 8.95. The Hall–Kier alpha value is -1.87. The molecule has 0 rings (SSSR count). The van der Waals surface area contributed by atoms with E-state index in [4.69, 9.17) is 9.47 Å². The Morgan fingerprint density at radius 1 is 0.677 bits per heavy atom. The molecule has 0 unspecified atom stereocenters. The standard InChI is InChI=1S/C28H46O3/c1-5-9-10-11-12-13-14-15-16-17-18-19-20-21-22-23-24-25-26-31-28(6-2,7-3)27(29)30-8-4/h9-10,12-13,15-16,18-19,21-22H,5-8,11,14,17,20,23-26H2,1-4H3. The molecule has 0 aliphatic heterocycles. The van der Waals surface area contributed by atoms with Gasteiger partial charge in [0.2, 0.25) is 0 Å². The van der Waals surface area contributed by atoms with Gasteiger partial charge in [-0.15, -0.1) is 0 Å². The minimum atomic E-state index is -0.770. The van der Waals surface area contributed by atoms with Crippen molar-refractivity contribution in [2.45, 2.75) is 97.5 Å². The van der Waals surface area contributed by atoms with Crippen LogP contribution in [0.15, 0.2) is 60.8 Å². The van der Waals surface area contributed by atoms with Gasteiger partial charge in [0.05, 0.1) is 6.61 Å². The van der Waals surface area contributed by atoms with Gasteiger partial charge in [-0.2, -0.15) is 0 Å². The maximum absolute atomic E-state index is 12.2. The summed E-state index contributed by atoms with van der Waals surface area (Å²) < 4.78 is 11.1. The number of allylic oxidation sites excluding steroid dienone is 10. The third kappa shape index (κ3) is 15.6. The van der Waals surface area contributed by atoms with Gasteiger partial charge < -0.3 is 9.47 Å². The topological polar surface area (TPSA) is 35.5 Å². The first-order chi connectivity index (χ1) is 15.2. The number of carbonyl (C=O) groups is 1. The summed E-state index contributed by atoms with van der Waals surface area (Å²) in [4.78, 5) is 12.2. The lowest BCUT2D eigenvalue weighted by molar-refractivity contribution is -0.173. The number of ether oxygens (including phenoxy) is 2. The summed E-state index contributed by atoms with van der Waals surface area (Å²) in [6.07, 6.45) is 31.6. The third-order valence-corrected chi connectivity index (χ3v) is 5.09. The Balaban J connectivity index is 3.79. The molecule has 3 heteroatoms. The van der Waals surface area contributed by atoms with E-state index in [-0.39, 0.29) is 5.97 Å². The van der Waals surface area contributed by atoms with Gasteiger partial charge in [-0.05, 0) is 71.1 Å². The smallest absolute Gasteiger partial charge is 0.338 e. The zero-order valence-corrected chi connectivity index (χ0v) is 20.5. The molecule has 0 aliphatic rings. The van der Waals surface area contributed by atoms with Crippen LogP contribution >= 0.6 is 0 Å². The molecule has 0 saturated heterocycles. The van der Waals surface area contributed by atoms with E-state index in [9.17, 15) is 4.79 Å². The molecule has 0 fully saturated rings. The van der Waals surface area contributed by atoms with E-state index >= 15 is 0 Å². The van der Waals surface area contributed by atoms with Crippen LogP contribution in [0.4, 0.5) is 0 Å². The van der Waals surface area contributed by atoms with E-state index in [2.05, 4.69) is 67.7 Å². The van der Waals surface area contributed by atoms with Gasteiger partial charge in [0, 0.05) is 6.61 Å². The molecule has 0 atom stereocenters. The van der Waals surface area contributed by atoms with E-state index in [1.807, 2.05) is 20.8 Å². The van der Waals surface area contributed by atoms with Gasteiger partial charge in [0.25, 0.3) is 0 Å². The Morgan fingerprint density at radius 2 is 1.16 bits per heavy atom. The lowest BCUT2D eigenvalue weighted by atomic mass is 9.97. The van der Waals surface area contributed by atoms with Crippen LogP contribution < -0.4 is 0 Å². The molecule has 0 radical (unpaired) electrons. The van der Waals surface area contributed by atoms with E-state index in [0.717, 1.165) is 51.4 Å². The molecule has 3 nitrogen and oxygen atoms in total. The average molecular weight is 431 g/mol. The fraction of sp³-hybridized carbons (Fsp3) is 0.607. The van der Waals surface area contributed by atoms with Gasteiger partial charge in [-0.3, -0.25) is 0 Å². The quantitative estimate of drug-likeness (QED) is 0.118. The fourth-order valence-corrected chi connectivity index (χ4v) is 3.06. The minimum Gasteiger partial charge on any atom is -0.464 e. The number of rotatable bonds is 19. The zero-order valence-electron chi connectivity index (χ0n) is 20.5. The summed E-state index contributed by atoms with van der Waals surface area (Å²) in [7, 11) is 0.